The van der Waals surface area contributed by atoms with Gasteiger partial charge >= 0.3 is 0 Å². The molecule has 3 nitrogen and oxygen atoms in total. The highest BCUT2D eigenvalue weighted by molar-refractivity contribution is 5.98. The maximum Gasteiger partial charge on any atom is 0.253 e. The zero-order valence-electron chi connectivity index (χ0n) is 18.2. The average Bonchev–Trinajstić information content (AvgIpc) is 2.73. The van der Waals surface area contributed by atoms with E-state index in [4.69, 9.17) is 4.74 Å². The first-order valence-corrected chi connectivity index (χ1v) is 11.4. The number of carbonyl (C=O) groups is 1. The van der Waals surface area contributed by atoms with Crippen molar-refractivity contribution < 1.29 is 9.53 Å². The highest BCUT2D eigenvalue weighted by Crippen LogP contribution is 2.39. The molecule has 0 unspecified atom stereocenters. The van der Waals surface area contributed by atoms with E-state index < -0.39 is 0 Å². The summed E-state index contributed by atoms with van der Waals surface area (Å²) in [4.78, 5) is 14.8. The van der Waals surface area contributed by atoms with Crippen LogP contribution in [0.1, 0.15) is 76.1 Å². The Balaban J connectivity index is 1.42. The van der Waals surface area contributed by atoms with E-state index in [-0.39, 0.29) is 5.91 Å². The van der Waals surface area contributed by atoms with Gasteiger partial charge in [0.2, 0.25) is 0 Å². The predicted octanol–water partition coefficient (Wildman–Crippen LogP) is 6.45. The first-order chi connectivity index (χ1) is 13.9. The van der Waals surface area contributed by atoms with Crippen LogP contribution < -0.4 is 4.74 Å². The molecule has 4 rings (SSSR count). The van der Waals surface area contributed by atoms with E-state index in [0.29, 0.717) is 11.5 Å². The number of fused-ring (bicyclic) bond motifs is 1. The third-order valence-electron chi connectivity index (χ3n) is 6.90. The quantitative estimate of drug-likeness (QED) is 0.600. The highest BCUT2D eigenvalue weighted by atomic mass is 16.5. The fourth-order valence-electron chi connectivity index (χ4n) is 4.95. The fourth-order valence-corrected chi connectivity index (χ4v) is 4.95. The summed E-state index contributed by atoms with van der Waals surface area (Å²) in [6.45, 7) is 8.84. The first-order valence-electron chi connectivity index (χ1n) is 11.4. The molecule has 2 fully saturated rings. The van der Waals surface area contributed by atoms with Gasteiger partial charge < -0.3 is 9.64 Å². The minimum absolute atomic E-state index is 0.169. The summed E-state index contributed by atoms with van der Waals surface area (Å²) in [6.07, 6.45) is 8.60. The van der Waals surface area contributed by atoms with Crippen LogP contribution in [0.25, 0.3) is 10.8 Å². The molecule has 2 aromatic rings. The Morgan fingerprint density at radius 2 is 1.55 bits per heavy atom. The normalized spacial score (nSPS) is 23.2. The monoisotopic (exact) mass is 393 g/mol. The van der Waals surface area contributed by atoms with Crippen molar-refractivity contribution in [3.05, 3.63) is 42.0 Å². The summed E-state index contributed by atoms with van der Waals surface area (Å²) in [5, 5.41) is 2.25. The molecule has 2 aromatic carbocycles. The van der Waals surface area contributed by atoms with Crippen LogP contribution in [-0.2, 0) is 0 Å². The third-order valence-corrected chi connectivity index (χ3v) is 6.90. The number of rotatable bonds is 3. The molecule has 1 heterocycles. The molecule has 1 aliphatic heterocycles. The number of likely N-dealkylation sites (tertiary alicyclic amines) is 1. The lowest BCUT2D eigenvalue weighted by Crippen LogP contribution is -2.35. The molecule has 2 aliphatic rings. The molecule has 1 amide bonds. The molecule has 0 atom stereocenters. The molecule has 0 spiro atoms. The molecule has 0 N–H and O–H groups in total. The number of amides is 1. The lowest BCUT2D eigenvalue weighted by atomic mass is 9.72. The molecule has 29 heavy (non-hydrogen) atoms. The van der Waals surface area contributed by atoms with Crippen molar-refractivity contribution in [3.8, 4) is 5.75 Å². The van der Waals surface area contributed by atoms with Crippen molar-refractivity contribution in [2.45, 2.75) is 71.8 Å². The predicted molar refractivity (Wildman–Crippen MR) is 120 cm³/mol. The number of nitrogens with zero attached hydrogens (tertiary/aromatic N) is 1. The second-order valence-electron chi connectivity index (χ2n) is 10.0. The largest absolute Gasteiger partial charge is 0.490 e. The third kappa shape index (κ3) is 4.76. The molecular weight excluding hydrogens is 358 g/mol. The van der Waals surface area contributed by atoms with Crippen LogP contribution in [0.3, 0.4) is 0 Å². The summed E-state index contributed by atoms with van der Waals surface area (Å²) in [5.41, 5.74) is 1.20. The van der Waals surface area contributed by atoms with E-state index >= 15 is 0 Å². The van der Waals surface area contributed by atoms with Crippen molar-refractivity contribution in [2.75, 3.05) is 13.1 Å². The molecular formula is C26H35NO2. The number of ether oxygens (including phenoxy) is 1. The van der Waals surface area contributed by atoms with E-state index in [1.54, 1.807) is 0 Å². The van der Waals surface area contributed by atoms with Gasteiger partial charge in [0.15, 0.2) is 0 Å². The van der Waals surface area contributed by atoms with Gasteiger partial charge in [0.05, 0.1) is 6.10 Å². The van der Waals surface area contributed by atoms with Crippen LogP contribution in [0.5, 0.6) is 5.75 Å². The van der Waals surface area contributed by atoms with Crippen molar-refractivity contribution in [3.63, 3.8) is 0 Å². The molecule has 3 heteroatoms. The molecule has 0 radical (unpaired) electrons. The zero-order valence-corrected chi connectivity index (χ0v) is 18.2. The maximum absolute atomic E-state index is 12.8. The van der Waals surface area contributed by atoms with Crippen LogP contribution in [0.2, 0.25) is 0 Å². The van der Waals surface area contributed by atoms with Gasteiger partial charge in [-0.25, -0.2) is 0 Å². The van der Waals surface area contributed by atoms with E-state index in [1.807, 2.05) is 17.0 Å². The minimum Gasteiger partial charge on any atom is -0.490 e. The lowest BCUT2D eigenvalue weighted by molar-refractivity contribution is 0.0724. The Morgan fingerprint density at radius 3 is 2.24 bits per heavy atom. The van der Waals surface area contributed by atoms with Gasteiger partial charge in [-0.2, -0.15) is 0 Å². The Hall–Kier alpha value is -2.03. The first kappa shape index (κ1) is 20.3. The molecule has 1 saturated carbocycles. The van der Waals surface area contributed by atoms with Crippen molar-refractivity contribution >= 4 is 16.7 Å². The zero-order chi connectivity index (χ0) is 20.4. The molecule has 0 bridgehead atoms. The number of carbonyl (C=O) groups excluding carboxylic acids is 1. The van der Waals surface area contributed by atoms with Gasteiger partial charge in [-0.05, 0) is 91.3 Å². The number of hydrogen-bond donors (Lipinski definition) is 0. The summed E-state index contributed by atoms with van der Waals surface area (Å²) in [7, 11) is 0. The lowest BCUT2D eigenvalue weighted by Gasteiger charge is -2.37. The van der Waals surface area contributed by atoms with Gasteiger partial charge in [0.25, 0.3) is 5.91 Å². The van der Waals surface area contributed by atoms with E-state index in [2.05, 4.69) is 45.0 Å². The summed E-state index contributed by atoms with van der Waals surface area (Å²) < 4.78 is 6.32. The smallest absolute Gasteiger partial charge is 0.253 e. The van der Waals surface area contributed by atoms with Crippen LogP contribution in [0.15, 0.2) is 36.4 Å². The maximum atomic E-state index is 12.8. The minimum atomic E-state index is 0.169. The van der Waals surface area contributed by atoms with Gasteiger partial charge in [-0.3, -0.25) is 4.79 Å². The molecule has 1 aliphatic carbocycles. The standard InChI is InChI=1S/C26H35NO2/c1-26(2,3)22-10-13-23(14-11-22)29-24-12-9-19-17-21(8-7-20(19)18-24)25(28)27-15-5-4-6-16-27/h7-9,12,17-18,22-23H,4-6,10-11,13-16H2,1-3H3. The topological polar surface area (TPSA) is 29.5 Å². The van der Waals surface area contributed by atoms with Crippen LogP contribution in [0.4, 0.5) is 0 Å². The second-order valence-corrected chi connectivity index (χ2v) is 10.0. The van der Waals surface area contributed by atoms with Gasteiger partial charge in [0.1, 0.15) is 5.75 Å². The molecule has 156 valence electrons. The van der Waals surface area contributed by atoms with Crippen molar-refractivity contribution in [1.82, 2.24) is 4.90 Å². The van der Waals surface area contributed by atoms with Gasteiger partial charge in [-0.1, -0.05) is 32.9 Å². The Labute approximate surface area is 175 Å². The Bertz CT molecular complexity index is 853. The number of benzene rings is 2. The molecule has 1 saturated heterocycles. The SMILES string of the molecule is CC(C)(C)C1CCC(Oc2ccc3cc(C(=O)N4CCCCC4)ccc3c2)CC1. The summed E-state index contributed by atoms with van der Waals surface area (Å²) >= 11 is 0. The van der Waals surface area contributed by atoms with Crippen LogP contribution in [-0.4, -0.2) is 30.0 Å². The van der Waals surface area contributed by atoms with Gasteiger partial charge in [-0.15, -0.1) is 0 Å². The second kappa shape index (κ2) is 8.38. The molecule has 0 aromatic heterocycles. The number of hydrogen-bond acceptors (Lipinski definition) is 2. The van der Waals surface area contributed by atoms with E-state index in [1.165, 1.54) is 19.3 Å². The van der Waals surface area contributed by atoms with Crippen molar-refractivity contribution in [2.24, 2.45) is 11.3 Å². The average molecular weight is 394 g/mol. The van der Waals surface area contributed by atoms with Crippen LogP contribution in [0, 0.1) is 11.3 Å². The van der Waals surface area contributed by atoms with Crippen LogP contribution >= 0.6 is 0 Å². The Morgan fingerprint density at radius 1 is 0.897 bits per heavy atom. The van der Waals surface area contributed by atoms with Crippen molar-refractivity contribution in [1.29, 1.82) is 0 Å². The van der Waals surface area contributed by atoms with Gasteiger partial charge in [0, 0.05) is 18.7 Å². The number of piperidine rings is 1. The summed E-state index contributed by atoms with van der Waals surface area (Å²) in [5.74, 6) is 1.92. The highest BCUT2D eigenvalue weighted by Gasteiger charge is 2.30. The van der Waals surface area contributed by atoms with E-state index in [0.717, 1.165) is 66.8 Å². The summed E-state index contributed by atoms with van der Waals surface area (Å²) in [6, 6.07) is 12.4. The fraction of sp³-hybridized carbons (Fsp3) is 0.577. The Kier molecular flexibility index (Phi) is 5.85. The van der Waals surface area contributed by atoms with E-state index in [9.17, 15) is 4.79 Å².